The Morgan fingerprint density at radius 1 is 1.30 bits per heavy atom. The lowest BCUT2D eigenvalue weighted by Crippen LogP contribution is -2.27. The lowest BCUT2D eigenvalue weighted by molar-refractivity contribution is -0.150. The Labute approximate surface area is 120 Å². The summed E-state index contributed by atoms with van der Waals surface area (Å²) in [5.41, 5.74) is 0.939. The molecule has 0 aliphatic heterocycles. The highest BCUT2D eigenvalue weighted by Crippen LogP contribution is 2.32. The maximum Gasteiger partial charge on any atom is 0.347 e. The van der Waals surface area contributed by atoms with Crippen LogP contribution in [0.4, 0.5) is 0 Å². The van der Waals surface area contributed by atoms with E-state index in [-0.39, 0.29) is 5.97 Å². The molecule has 0 saturated heterocycles. The molecule has 0 aliphatic rings. The molecule has 5 nitrogen and oxygen atoms in total. The zero-order valence-corrected chi connectivity index (χ0v) is 12.6. The molecule has 0 radical (unpaired) electrons. The Balaban J connectivity index is 2.97. The van der Waals surface area contributed by atoms with E-state index in [9.17, 15) is 4.79 Å². The topological polar surface area (TPSA) is 56.8 Å². The Bertz CT molecular complexity index is 410. The monoisotopic (exact) mass is 281 g/mol. The molecule has 0 saturated carbocycles. The van der Waals surface area contributed by atoms with Crippen LogP contribution in [-0.4, -0.2) is 32.3 Å². The van der Waals surface area contributed by atoms with Gasteiger partial charge in [0.15, 0.2) is 17.6 Å². The van der Waals surface area contributed by atoms with Crippen LogP contribution in [-0.2, 0) is 16.1 Å². The molecule has 0 aliphatic carbocycles. The maximum absolute atomic E-state index is 11.7. The summed E-state index contributed by atoms with van der Waals surface area (Å²) in [6.07, 6.45) is -0.674. The van der Waals surface area contributed by atoms with E-state index in [0.717, 1.165) is 5.56 Å². The zero-order chi connectivity index (χ0) is 15.0. The molecule has 20 heavy (non-hydrogen) atoms. The lowest BCUT2D eigenvalue weighted by Gasteiger charge is -2.19. The van der Waals surface area contributed by atoms with Crippen LogP contribution in [0, 0.1) is 0 Å². The largest absolute Gasteiger partial charge is 0.490 e. The minimum atomic E-state index is -0.674. The Morgan fingerprint density at radius 3 is 2.65 bits per heavy atom. The molecule has 0 bridgehead atoms. The predicted molar refractivity (Wildman–Crippen MR) is 77.1 cm³/mol. The SMILES string of the molecule is CCOC(=O)C(C)Oc1c(CNC)cccc1OCC. The van der Waals surface area contributed by atoms with E-state index in [1.807, 2.05) is 32.2 Å². The van der Waals surface area contributed by atoms with Crippen molar-refractivity contribution in [3.63, 3.8) is 0 Å². The van der Waals surface area contributed by atoms with Gasteiger partial charge in [0, 0.05) is 12.1 Å². The van der Waals surface area contributed by atoms with Gasteiger partial charge in [0.2, 0.25) is 0 Å². The normalized spacial score (nSPS) is 11.8. The van der Waals surface area contributed by atoms with Crippen LogP contribution in [0.1, 0.15) is 26.3 Å². The molecule has 0 aromatic heterocycles. The van der Waals surface area contributed by atoms with Gasteiger partial charge in [-0.3, -0.25) is 0 Å². The second kappa shape index (κ2) is 8.43. The van der Waals surface area contributed by atoms with E-state index in [0.29, 0.717) is 31.3 Å². The molecule has 0 spiro atoms. The lowest BCUT2D eigenvalue weighted by atomic mass is 10.2. The molecule has 1 unspecified atom stereocenters. The van der Waals surface area contributed by atoms with Crippen molar-refractivity contribution >= 4 is 5.97 Å². The van der Waals surface area contributed by atoms with Crippen molar-refractivity contribution in [3.05, 3.63) is 23.8 Å². The highest BCUT2D eigenvalue weighted by Gasteiger charge is 2.20. The molecule has 1 aromatic carbocycles. The fourth-order valence-corrected chi connectivity index (χ4v) is 1.78. The van der Waals surface area contributed by atoms with Gasteiger partial charge in [0.25, 0.3) is 0 Å². The first-order valence-electron chi connectivity index (χ1n) is 6.86. The van der Waals surface area contributed by atoms with Gasteiger partial charge in [-0.25, -0.2) is 4.79 Å². The van der Waals surface area contributed by atoms with Crippen LogP contribution in [0.2, 0.25) is 0 Å². The zero-order valence-electron chi connectivity index (χ0n) is 12.6. The number of benzene rings is 1. The van der Waals surface area contributed by atoms with E-state index in [1.165, 1.54) is 0 Å². The van der Waals surface area contributed by atoms with Crippen LogP contribution in [0.3, 0.4) is 0 Å². The third-order valence-corrected chi connectivity index (χ3v) is 2.64. The predicted octanol–water partition coefficient (Wildman–Crippen LogP) is 2.14. The molecular weight excluding hydrogens is 258 g/mol. The fraction of sp³-hybridized carbons (Fsp3) is 0.533. The van der Waals surface area contributed by atoms with Crippen molar-refractivity contribution < 1.29 is 19.0 Å². The molecule has 5 heteroatoms. The summed E-state index contributed by atoms with van der Waals surface area (Å²) >= 11 is 0. The summed E-state index contributed by atoms with van der Waals surface area (Å²) in [5, 5.41) is 3.07. The fourth-order valence-electron chi connectivity index (χ4n) is 1.78. The van der Waals surface area contributed by atoms with E-state index in [4.69, 9.17) is 14.2 Å². The summed E-state index contributed by atoms with van der Waals surface area (Å²) in [5.74, 6) is 0.842. The maximum atomic E-state index is 11.7. The van der Waals surface area contributed by atoms with Crippen LogP contribution in [0.15, 0.2) is 18.2 Å². The Kier molecular flexibility index (Phi) is 6.87. The molecule has 1 N–H and O–H groups in total. The number of hydrogen-bond donors (Lipinski definition) is 1. The number of carbonyl (C=O) groups excluding carboxylic acids is 1. The van der Waals surface area contributed by atoms with Crippen LogP contribution in [0.25, 0.3) is 0 Å². The minimum Gasteiger partial charge on any atom is -0.490 e. The van der Waals surface area contributed by atoms with E-state index < -0.39 is 6.10 Å². The number of nitrogens with one attached hydrogen (secondary N) is 1. The molecule has 112 valence electrons. The summed E-state index contributed by atoms with van der Waals surface area (Å²) in [6, 6.07) is 5.67. The van der Waals surface area contributed by atoms with Crippen molar-refractivity contribution in [2.75, 3.05) is 20.3 Å². The van der Waals surface area contributed by atoms with Crippen molar-refractivity contribution in [1.82, 2.24) is 5.32 Å². The highest BCUT2D eigenvalue weighted by molar-refractivity contribution is 5.74. The van der Waals surface area contributed by atoms with Crippen LogP contribution >= 0.6 is 0 Å². The summed E-state index contributed by atoms with van der Waals surface area (Å²) < 4.78 is 16.3. The first-order valence-corrected chi connectivity index (χ1v) is 6.86. The first kappa shape index (κ1) is 16.3. The molecule has 1 aromatic rings. The number of para-hydroxylation sites is 1. The quantitative estimate of drug-likeness (QED) is 0.740. The molecule has 0 fully saturated rings. The summed E-state index contributed by atoms with van der Waals surface area (Å²) in [7, 11) is 1.85. The average molecular weight is 281 g/mol. The molecule has 1 rings (SSSR count). The molecule has 0 heterocycles. The van der Waals surface area contributed by atoms with E-state index in [1.54, 1.807) is 13.8 Å². The van der Waals surface area contributed by atoms with Crippen LogP contribution < -0.4 is 14.8 Å². The van der Waals surface area contributed by atoms with E-state index >= 15 is 0 Å². The highest BCUT2D eigenvalue weighted by atomic mass is 16.6. The molecule has 0 amide bonds. The summed E-state index contributed by atoms with van der Waals surface area (Å²) in [6.45, 7) is 6.85. The standard InChI is InChI=1S/C15H23NO4/c1-5-18-13-9-7-8-12(10-16-4)14(13)20-11(3)15(17)19-6-2/h7-9,11,16H,5-6,10H2,1-4H3. The number of ether oxygens (including phenoxy) is 3. The van der Waals surface area contributed by atoms with Gasteiger partial charge >= 0.3 is 5.97 Å². The minimum absolute atomic E-state index is 0.336. The summed E-state index contributed by atoms with van der Waals surface area (Å²) in [4.78, 5) is 11.7. The van der Waals surface area contributed by atoms with Crippen LogP contribution in [0.5, 0.6) is 11.5 Å². The van der Waals surface area contributed by atoms with Gasteiger partial charge in [-0.2, -0.15) is 0 Å². The van der Waals surface area contributed by atoms with Gasteiger partial charge in [-0.05, 0) is 33.9 Å². The number of carbonyl (C=O) groups is 1. The Morgan fingerprint density at radius 2 is 2.05 bits per heavy atom. The number of esters is 1. The van der Waals surface area contributed by atoms with Gasteiger partial charge < -0.3 is 19.5 Å². The molecular formula is C15H23NO4. The van der Waals surface area contributed by atoms with Gasteiger partial charge in [-0.15, -0.1) is 0 Å². The van der Waals surface area contributed by atoms with Gasteiger partial charge in [0.05, 0.1) is 13.2 Å². The van der Waals surface area contributed by atoms with E-state index in [2.05, 4.69) is 5.32 Å². The first-order chi connectivity index (χ1) is 9.63. The Hall–Kier alpha value is -1.75. The van der Waals surface area contributed by atoms with Gasteiger partial charge in [0.1, 0.15) is 0 Å². The second-order valence-corrected chi connectivity index (χ2v) is 4.22. The third kappa shape index (κ3) is 4.42. The second-order valence-electron chi connectivity index (χ2n) is 4.22. The van der Waals surface area contributed by atoms with Gasteiger partial charge in [-0.1, -0.05) is 12.1 Å². The van der Waals surface area contributed by atoms with Crippen molar-refractivity contribution in [1.29, 1.82) is 0 Å². The van der Waals surface area contributed by atoms with Crippen molar-refractivity contribution in [2.24, 2.45) is 0 Å². The molecule has 1 atom stereocenters. The number of rotatable bonds is 8. The third-order valence-electron chi connectivity index (χ3n) is 2.64. The smallest absolute Gasteiger partial charge is 0.347 e. The van der Waals surface area contributed by atoms with Crippen molar-refractivity contribution in [2.45, 2.75) is 33.4 Å². The van der Waals surface area contributed by atoms with Crippen molar-refractivity contribution in [3.8, 4) is 11.5 Å². The average Bonchev–Trinajstić information content (AvgIpc) is 2.43. The number of hydrogen-bond acceptors (Lipinski definition) is 5.